The van der Waals surface area contributed by atoms with Crippen molar-refractivity contribution in [2.75, 3.05) is 32.6 Å². The standard InChI is InChI=1S/C21H25N5O3.ClH/c1-15-20(21(27)23-12-11-16-3-5-17(22)6-4-16)25-26(24-15)18-7-9-19(10-8-18)29-14-13-28-2;/h3-10H,11-14,22H2,1-2H3,(H,23,27);1H. The van der Waals surface area contributed by atoms with Crippen LogP contribution in [0.25, 0.3) is 5.69 Å². The first kappa shape index (κ1) is 23.2. The molecule has 0 aliphatic rings. The third kappa shape index (κ3) is 6.20. The molecule has 0 atom stereocenters. The molecule has 0 aliphatic carbocycles. The molecule has 0 fully saturated rings. The summed E-state index contributed by atoms with van der Waals surface area (Å²) >= 11 is 0. The van der Waals surface area contributed by atoms with Gasteiger partial charge in [-0.2, -0.15) is 9.90 Å². The van der Waals surface area contributed by atoms with E-state index in [1.165, 1.54) is 4.80 Å². The second-order valence-corrected chi connectivity index (χ2v) is 6.51. The van der Waals surface area contributed by atoms with E-state index >= 15 is 0 Å². The molecule has 9 heteroatoms. The molecule has 0 saturated carbocycles. The van der Waals surface area contributed by atoms with Crippen LogP contribution in [0.1, 0.15) is 21.7 Å². The maximum atomic E-state index is 12.5. The van der Waals surface area contributed by atoms with Crippen molar-refractivity contribution in [1.29, 1.82) is 0 Å². The number of rotatable bonds is 9. The van der Waals surface area contributed by atoms with Crippen molar-refractivity contribution < 1.29 is 14.3 Å². The van der Waals surface area contributed by atoms with Crippen LogP contribution in [0.5, 0.6) is 5.75 Å². The average Bonchev–Trinajstić information content (AvgIpc) is 3.12. The number of methoxy groups -OCH3 is 1. The second-order valence-electron chi connectivity index (χ2n) is 6.51. The highest BCUT2D eigenvalue weighted by Gasteiger charge is 2.16. The Bertz CT molecular complexity index is 942. The third-order valence-corrected chi connectivity index (χ3v) is 4.30. The lowest BCUT2D eigenvalue weighted by atomic mass is 10.1. The fourth-order valence-corrected chi connectivity index (χ4v) is 2.71. The lowest BCUT2D eigenvalue weighted by Crippen LogP contribution is -2.26. The average molecular weight is 432 g/mol. The van der Waals surface area contributed by atoms with Crippen molar-refractivity contribution in [2.24, 2.45) is 0 Å². The molecule has 0 spiro atoms. The first-order valence-electron chi connectivity index (χ1n) is 9.35. The van der Waals surface area contributed by atoms with Crippen LogP contribution < -0.4 is 15.8 Å². The smallest absolute Gasteiger partial charge is 0.273 e. The Morgan fingerprint density at radius 3 is 2.43 bits per heavy atom. The van der Waals surface area contributed by atoms with Gasteiger partial charge in [0.2, 0.25) is 0 Å². The molecule has 1 aromatic heterocycles. The number of nitrogens with one attached hydrogen (secondary N) is 1. The lowest BCUT2D eigenvalue weighted by Gasteiger charge is -2.06. The van der Waals surface area contributed by atoms with Gasteiger partial charge in [0.25, 0.3) is 5.91 Å². The van der Waals surface area contributed by atoms with Gasteiger partial charge in [0.15, 0.2) is 5.69 Å². The maximum Gasteiger partial charge on any atom is 0.273 e. The predicted molar refractivity (Wildman–Crippen MR) is 118 cm³/mol. The van der Waals surface area contributed by atoms with E-state index in [0.717, 1.165) is 22.7 Å². The van der Waals surface area contributed by atoms with Gasteiger partial charge in [-0.1, -0.05) is 12.1 Å². The fraction of sp³-hybridized carbons (Fsp3) is 0.286. The Labute approximate surface area is 181 Å². The lowest BCUT2D eigenvalue weighted by molar-refractivity contribution is 0.0948. The molecule has 0 unspecified atom stereocenters. The van der Waals surface area contributed by atoms with Crippen molar-refractivity contribution in [3.8, 4) is 11.4 Å². The number of ether oxygens (including phenoxy) is 2. The van der Waals surface area contributed by atoms with Gasteiger partial charge in [0, 0.05) is 19.3 Å². The number of nitrogen functional groups attached to an aromatic ring is 1. The summed E-state index contributed by atoms with van der Waals surface area (Å²) in [5.41, 5.74) is 9.13. The molecular weight excluding hydrogens is 406 g/mol. The van der Waals surface area contributed by atoms with Gasteiger partial charge in [0.05, 0.1) is 18.0 Å². The quantitative estimate of drug-likeness (QED) is 0.398. The molecule has 30 heavy (non-hydrogen) atoms. The minimum absolute atomic E-state index is 0. The molecule has 0 aliphatic heterocycles. The van der Waals surface area contributed by atoms with E-state index in [1.54, 1.807) is 14.0 Å². The predicted octanol–water partition coefficient (Wildman–Crippen LogP) is 2.58. The summed E-state index contributed by atoms with van der Waals surface area (Å²) in [4.78, 5) is 13.9. The Balaban J connectivity index is 0.00000320. The van der Waals surface area contributed by atoms with Crippen LogP contribution in [-0.4, -0.2) is 47.8 Å². The summed E-state index contributed by atoms with van der Waals surface area (Å²) in [6.07, 6.45) is 0.712. The van der Waals surface area contributed by atoms with Gasteiger partial charge in [-0.05, 0) is 55.3 Å². The molecule has 160 valence electrons. The molecule has 2 aromatic carbocycles. The topological polar surface area (TPSA) is 104 Å². The Morgan fingerprint density at radius 2 is 1.77 bits per heavy atom. The van der Waals surface area contributed by atoms with Gasteiger partial charge in [-0.25, -0.2) is 0 Å². The number of hydrogen-bond acceptors (Lipinski definition) is 6. The number of carbonyl (C=O) groups is 1. The number of halogens is 1. The van der Waals surface area contributed by atoms with E-state index in [1.807, 2.05) is 48.5 Å². The second kappa shape index (κ2) is 11.2. The van der Waals surface area contributed by atoms with Gasteiger partial charge in [-0.15, -0.1) is 17.5 Å². The summed E-state index contributed by atoms with van der Waals surface area (Å²) in [6, 6.07) is 14.9. The van der Waals surface area contributed by atoms with Crippen LogP contribution in [0.3, 0.4) is 0 Å². The minimum Gasteiger partial charge on any atom is -0.491 e. The molecule has 0 radical (unpaired) electrons. The van der Waals surface area contributed by atoms with Gasteiger partial charge in [0.1, 0.15) is 12.4 Å². The largest absolute Gasteiger partial charge is 0.491 e. The van der Waals surface area contributed by atoms with Crippen molar-refractivity contribution in [2.45, 2.75) is 13.3 Å². The molecule has 0 saturated heterocycles. The molecular formula is C21H26ClN5O3. The SMILES string of the molecule is COCCOc1ccc(-n2nc(C)c(C(=O)NCCc3ccc(N)cc3)n2)cc1.Cl. The van der Waals surface area contributed by atoms with Crippen molar-refractivity contribution in [3.05, 3.63) is 65.5 Å². The van der Waals surface area contributed by atoms with E-state index < -0.39 is 0 Å². The number of nitrogens with two attached hydrogens (primary N) is 1. The first-order chi connectivity index (χ1) is 14.1. The van der Waals surface area contributed by atoms with Crippen molar-refractivity contribution >= 4 is 24.0 Å². The zero-order valence-corrected chi connectivity index (χ0v) is 17.8. The Kier molecular flexibility index (Phi) is 8.64. The molecule has 3 aromatic rings. The number of hydrogen-bond donors (Lipinski definition) is 2. The van der Waals surface area contributed by atoms with E-state index in [4.69, 9.17) is 15.2 Å². The normalized spacial score (nSPS) is 10.3. The van der Waals surface area contributed by atoms with E-state index in [-0.39, 0.29) is 18.3 Å². The molecule has 3 rings (SSSR count). The van der Waals surface area contributed by atoms with Crippen molar-refractivity contribution in [1.82, 2.24) is 20.3 Å². The van der Waals surface area contributed by atoms with Crippen LogP contribution in [0.15, 0.2) is 48.5 Å². The summed E-state index contributed by atoms with van der Waals surface area (Å²) in [6.45, 7) is 3.28. The molecule has 1 heterocycles. The third-order valence-electron chi connectivity index (χ3n) is 4.30. The van der Waals surface area contributed by atoms with Crippen LogP contribution in [-0.2, 0) is 11.2 Å². The fourth-order valence-electron chi connectivity index (χ4n) is 2.71. The van der Waals surface area contributed by atoms with E-state index in [0.29, 0.717) is 37.6 Å². The molecule has 3 N–H and O–H groups in total. The minimum atomic E-state index is -0.247. The highest BCUT2D eigenvalue weighted by Crippen LogP contribution is 2.15. The van der Waals surface area contributed by atoms with E-state index in [2.05, 4.69) is 15.5 Å². The summed E-state index contributed by atoms with van der Waals surface area (Å²) in [5.74, 6) is 0.485. The molecule has 0 bridgehead atoms. The number of anilines is 1. The number of amides is 1. The van der Waals surface area contributed by atoms with Crippen LogP contribution in [0, 0.1) is 6.92 Å². The number of benzene rings is 2. The molecule has 8 nitrogen and oxygen atoms in total. The first-order valence-corrected chi connectivity index (χ1v) is 9.35. The maximum absolute atomic E-state index is 12.5. The van der Waals surface area contributed by atoms with Gasteiger partial charge >= 0.3 is 0 Å². The van der Waals surface area contributed by atoms with Gasteiger partial charge in [-0.3, -0.25) is 4.79 Å². The number of aromatic nitrogens is 3. The number of aryl methyl sites for hydroxylation is 1. The zero-order valence-electron chi connectivity index (χ0n) is 17.0. The highest BCUT2D eigenvalue weighted by atomic mass is 35.5. The monoisotopic (exact) mass is 431 g/mol. The van der Waals surface area contributed by atoms with Crippen molar-refractivity contribution in [3.63, 3.8) is 0 Å². The summed E-state index contributed by atoms with van der Waals surface area (Å²) in [5, 5.41) is 11.6. The summed E-state index contributed by atoms with van der Waals surface area (Å²) < 4.78 is 10.5. The van der Waals surface area contributed by atoms with Crippen LogP contribution in [0.4, 0.5) is 5.69 Å². The zero-order chi connectivity index (χ0) is 20.6. The number of carbonyl (C=O) groups excluding carboxylic acids is 1. The molecule has 1 amide bonds. The van der Waals surface area contributed by atoms with Crippen LogP contribution in [0.2, 0.25) is 0 Å². The summed E-state index contributed by atoms with van der Waals surface area (Å²) in [7, 11) is 1.63. The highest BCUT2D eigenvalue weighted by molar-refractivity contribution is 5.93. The Morgan fingerprint density at radius 1 is 1.07 bits per heavy atom. The van der Waals surface area contributed by atoms with Gasteiger partial charge < -0.3 is 20.5 Å². The van der Waals surface area contributed by atoms with Crippen LogP contribution >= 0.6 is 12.4 Å². The van der Waals surface area contributed by atoms with E-state index in [9.17, 15) is 4.79 Å². The number of nitrogens with zero attached hydrogens (tertiary/aromatic N) is 3. The Hall–Kier alpha value is -3.10.